The van der Waals surface area contributed by atoms with Crippen LogP contribution >= 0.6 is 0 Å². The molecule has 2 nitrogen and oxygen atoms in total. The minimum absolute atomic E-state index is 0.157. The topological polar surface area (TPSA) is 29.3 Å². The highest BCUT2D eigenvalue weighted by atomic mass is 15.2. The zero-order valence-corrected chi connectivity index (χ0v) is 14.0. The van der Waals surface area contributed by atoms with Crippen molar-refractivity contribution in [3.63, 3.8) is 0 Å². The average molecular weight is 288 g/mol. The van der Waals surface area contributed by atoms with Crippen LogP contribution in [-0.2, 0) is 0 Å². The number of para-hydroxylation sites is 1. The van der Waals surface area contributed by atoms with Gasteiger partial charge in [0.05, 0.1) is 0 Å². The highest BCUT2D eigenvalue weighted by Gasteiger charge is 2.25. The Balaban J connectivity index is 2.26. The van der Waals surface area contributed by atoms with Crippen LogP contribution < -0.4 is 10.6 Å². The van der Waals surface area contributed by atoms with Gasteiger partial charge in [-0.15, -0.1) is 0 Å². The van der Waals surface area contributed by atoms with Crippen LogP contribution in [0.25, 0.3) is 0 Å². The Hall–Kier alpha value is -1.02. The van der Waals surface area contributed by atoms with Crippen molar-refractivity contribution in [3.8, 4) is 0 Å². The van der Waals surface area contributed by atoms with E-state index < -0.39 is 0 Å². The molecule has 118 valence electrons. The number of hydrogen-bond donors (Lipinski definition) is 1. The summed E-state index contributed by atoms with van der Waals surface area (Å²) in [5.74, 6) is 0.751. The van der Waals surface area contributed by atoms with Crippen molar-refractivity contribution in [2.75, 3.05) is 11.4 Å². The minimum atomic E-state index is 0.157. The van der Waals surface area contributed by atoms with Crippen LogP contribution in [0.15, 0.2) is 24.3 Å². The zero-order chi connectivity index (χ0) is 15.2. The van der Waals surface area contributed by atoms with Crippen molar-refractivity contribution in [3.05, 3.63) is 29.8 Å². The fraction of sp³-hybridized carbons (Fsp3) is 0.684. The SMILES string of the molecule is CC[C@H](N)c1ccccc1N(CCC(C)C)C1CCCC1. The molecule has 2 heteroatoms. The molecule has 0 saturated heterocycles. The van der Waals surface area contributed by atoms with E-state index in [2.05, 4.69) is 49.9 Å². The van der Waals surface area contributed by atoms with E-state index in [4.69, 9.17) is 5.73 Å². The maximum absolute atomic E-state index is 6.36. The van der Waals surface area contributed by atoms with Gasteiger partial charge in [0.25, 0.3) is 0 Å². The number of anilines is 1. The van der Waals surface area contributed by atoms with Gasteiger partial charge >= 0.3 is 0 Å². The summed E-state index contributed by atoms with van der Waals surface area (Å²) in [6, 6.07) is 9.67. The molecule has 1 aromatic carbocycles. The third-order valence-corrected chi connectivity index (χ3v) is 4.80. The van der Waals surface area contributed by atoms with Gasteiger partial charge in [0.15, 0.2) is 0 Å². The van der Waals surface area contributed by atoms with Crippen molar-refractivity contribution in [1.29, 1.82) is 0 Å². The normalized spacial score (nSPS) is 17.4. The van der Waals surface area contributed by atoms with Crippen LogP contribution in [0.5, 0.6) is 0 Å². The van der Waals surface area contributed by atoms with Crippen LogP contribution in [0.3, 0.4) is 0 Å². The van der Waals surface area contributed by atoms with Gasteiger partial charge in [-0.05, 0) is 43.2 Å². The molecule has 0 aliphatic heterocycles. The first-order valence-corrected chi connectivity index (χ1v) is 8.74. The molecule has 1 aliphatic rings. The second kappa shape index (κ2) is 7.84. The summed E-state index contributed by atoms with van der Waals surface area (Å²) in [5.41, 5.74) is 9.08. The molecule has 1 aromatic rings. The van der Waals surface area contributed by atoms with Crippen LogP contribution in [0.1, 0.15) is 70.9 Å². The molecule has 2 N–H and O–H groups in total. The molecule has 1 aliphatic carbocycles. The molecule has 1 saturated carbocycles. The zero-order valence-electron chi connectivity index (χ0n) is 14.0. The smallest absolute Gasteiger partial charge is 0.0417 e. The first kappa shape index (κ1) is 16.4. The van der Waals surface area contributed by atoms with Gasteiger partial charge < -0.3 is 10.6 Å². The molecule has 0 heterocycles. The maximum atomic E-state index is 6.36. The largest absolute Gasteiger partial charge is 0.368 e. The first-order chi connectivity index (χ1) is 10.1. The number of benzene rings is 1. The molecule has 1 fully saturated rings. The number of nitrogens with zero attached hydrogens (tertiary/aromatic N) is 1. The average Bonchev–Trinajstić information content (AvgIpc) is 3.01. The van der Waals surface area contributed by atoms with E-state index in [9.17, 15) is 0 Å². The lowest BCUT2D eigenvalue weighted by Gasteiger charge is -2.34. The Labute approximate surface area is 130 Å². The summed E-state index contributed by atoms with van der Waals surface area (Å²) in [5, 5.41) is 0. The summed E-state index contributed by atoms with van der Waals surface area (Å²) in [6.07, 6.45) is 7.70. The van der Waals surface area contributed by atoms with Crippen molar-refractivity contribution >= 4 is 5.69 Å². The Kier molecular flexibility index (Phi) is 6.10. The lowest BCUT2D eigenvalue weighted by molar-refractivity contribution is 0.525. The Bertz CT molecular complexity index is 421. The first-order valence-electron chi connectivity index (χ1n) is 8.74. The molecule has 0 radical (unpaired) electrons. The van der Waals surface area contributed by atoms with Gasteiger partial charge in [0, 0.05) is 24.3 Å². The second-order valence-corrected chi connectivity index (χ2v) is 6.89. The van der Waals surface area contributed by atoms with Crippen molar-refractivity contribution in [1.82, 2.24) is 0 Å². The molecule has 0 aromatic heterocycles. The van der Waals surface area contributed by atoms with E-state index >= 15 is 0 Å². The Morgan fingerprint density at radius 2 is 1.86 bits per heavy atom. The van der Waals surface area contributed by atoms with Gasteiger partial charge in [-0.3, -0.25) is 0 Å². The summed E-state index contributed by atoms with van der Waals surface area (Å²) in [7, 11) is 0. The van der Waals surface area contributed by atoms with Crippen molar-refractivity contribution < 1.29 is 0 Å². The molecule has 2 rings (SSSR count). The van der Waals surface area contributed by atoms with E-state index in [0.717, 1.165) is 18.9 Å². The summed E-state index contributed by atoms with van der Waals surface area (Å²) in [6.45, 7) is 7.97. The highest BCUT2D eigenvalue weighted by Crippen LogP contribution is 2.33. The van der Waals surface area contributed by atoms with Crippen LogP contribution in [0.4, 0.5) is 5.69 Å². The Morgan fingerprint density at radius 3 is 2.48 bits per heavy atom. The molecule has 0 unspecified atom stereocenters. The quantitative estimate of drug-likeness (QED) is 0.774. The van der Waals surface area contributed by atoms with E-state index in [0.29, 0.717) is 6.04 Å². The minimum Gasteiger partial charge on any atom is -0.368 e. The highest BCUT2D eigenvalue weighted by molar-refractivity contribution is 5.56. The number of nitrogens with two attached hydrogens (primary N) is 1. The second-order valence-electron chi connectivity index (χ2n) is 6.89. The lowest BCUT2D eigenvalue weighted by Crippen LogP contribution is -2.36. The van der Waals surface area contributed by atoms with Gasteiger partial charge in [-0.1, -0.05) is 51.8 Å². The fourth-order valence-electron chi connectivity index (χ4n) is 3.40. The van der Waals surface area contributed by atoms with Gasteiger partial charge in [0.1, 0.15) is 0 Å². The molecule has 21 heavy (non-hydrogen) atoms. The predicted octanol–water partition coefficient (Wildman–Crippen LogP) is 4.89. The maximum Gasteiger partial charge on any atom is 0.0417 e. The van der Waals surface area contributed by atoms with E-state index in [-0.39, 0.29) is 6.04 Å². The standard InChI is InChI=1S/C19H32N2/c1-4-18(20)17-11-7-8-12-19(17)21(14-13-15(2)3)16-9-5-6-10-16/h7-8,11-12,15-16,18H,4-6,9-10,13-14,20H2,1-3H3/t18-/m0/s1. The third-order valence-electron chi connectivity index (χ3n) is 4.80. The number of hydrogen-bond acceptors (Lipinski definition) is 2. The van der Waals surface area contributed by atoms with Crippen LogP contribution in [-0.4, -0.2) is 12.6 Å². The van der Waals surface area contributed by atoms with Gasteiger partial charge in [-0.25, -0.2) is 0 Å². The fourth-order valence-corrected chi connectivity index (χ4v) is 3.40. The molecule has 1 atom stereocenters. The molecule has 0 amide bonds. The van der Waals surface area contributed by atoms with E-state index in [1.807, 2.05) is 0 Å². The molecule has 0 spiro atoms. The Morgan fingerprint density at radius 1 is 1.19 bits per heavy atom. The predicted molar refractivity (Wildman–Crippen MR) is 92.7 cm³/mol. The summed E-state index contributed by atoms with van der Waals surface area (Å²) in [4.78, 5) is 2.66. The number of rotatable bonds is 7. The van der Waals surface area contributed by atoms with Gasteiger partial charge in [-0.2, -0.15) is 0 Å². The monoisotopic (exact) mass is 288 g/mol. The summed E-state index contributed by atoms with van der Waals surface area (Å²) >= 11 is 0. The molecular weight excluding hydrogens is 256 g/mol. The van der Waals surface area contributed by atoms with Crippen molar-refractivity contribution in [2.24, 2.45) is 11.7 Å². The summed E-state index contributed by atoms with van der Waals surface area (Å²) < 4.78 is 0. The molecular formula is C19H32N2. The third kappa shape index (κ3) is 4.23. The van der Waals surface area contributed by atoms with Crippen LogP contribution in [0.2, 0.25) is 0 Å². The molecule has 0 bridgehead atoms. The van der Waals surface area contributed by atoms with Crippen molar-refractivity contribution in [2.45, 2.75) is 71.4 Å². The van der Waals surface area contributed by atoms with E-state index in [1.165, 1.54) is 43.4 Å². The van der Waals surface area contributed by atoms with E-state index in [1.54, 1.807) is 0 Å². The lowest BCUT2D eigenvalue weighted by atomic mass is 10.00. The van der Waals surface area contributed by atoms with Crippen LogP contribution in [0, 0.1) is 5.92 Å². The van der Waals surface area contributed by atoms with Gasteiger partial charge in [0.2, 0.25) is 0 Å².